The summed E-state index contributed by atoms with van der Waals surface area (Å²) in [7, 11) is -7.78. The Balaban J connectivity index is 1.90. The SMILES string of the molecule is CCCCCCCCCCCCC(COC(=O)c1ccc(OC(C)C)c(NC(=O)C(Oc2ccc(S(C)(=O)=O)cc2NS(C)(=O)=O)C(=O)C(C)(C)C)c1)Oc1ccc(O)c(C(C)(C)C)c1. The number of hydrogen-bond acceptors (Lipinski definition) is 12. The first-order chi connectivity index (χ1) is 30.2. The molecule has 14 nitrogen and oxygen atoms in total. The summed E-state index contributed by atoms with van der Waals surface area (Å²) in [6.45, 7) is 16.4. The van der Waals surface area contributed by atoms with E-state index in [0.29, 0.717) is 12.2 Å². The highest BCUT2D eigenvalue weighted by Gasteiger charge is 2.38. The molecule has 0 heterocycles. The molecule has 0 aliphatic carbocycles. The van der Waals surface area contributed by atoms with Crippen molar-refractivity contribution in [2.45, 2.75) is 162 Å². The minimum atomic E-state index is -3.98. The highest BCUT2D eigenvalue weighted by atomic mass is 32.2. The van der Waals surface area contributed by atoms with Crippen LogP contribution in [0.1, 0.15) is 149 Å². The van der Waals surface area contributed by atoms with Gasteiger partial charge in [0.05, 0.1) is 34.2 Å². The molecule has 0 aliphatic heterocycles. The smallest absolute Gasteiger partial charge is 0.338 e. The number of benzene rings is 3. The number of carbonyl (C=O) groups excluding carboxylic acids is 3. The molecule has 2 atom stereocenters. The number of hydrogen-bond donors (Lipinski definition) is 3. The van der Waals surface area contributed by atoms with Gasteiger partial charge < -0.3 is 29.4 Å². The Kier molecular flexibility index (Phi) is 20.2. The predicted molar refractivity (Wildman–Crippen MR) is 256 cm³/mol. The van der Waals surface area contributed by atoms with E-state index in [2.05, 4.69) is 17.0 Å². The number of nitrogens with one attached hydrogen (secondary N) is 2. The van der Waals surface area contributed by atoms with Gasteiger partial charge in [0.15, 0.2) is 15.6 Å². The molecule has 3 rings (SSSR count). The van der Waals surface area contributed by atoms with Gasteiger partial charge in [-0.25, -0.2) is 21.6 Å². The van der Waals surface area contributed by atoms with Gasteiger partial charge in [-0.2, -0.15) is 0 Å². The number of carbonyl (C=O) groups is 3. The largest absolute Gasteiger partial charge is 0.508 e. The molecule has 65 heavy (non-hydrogen) atoms. The van der Waals surface area contributed by atoms with Crippen molar-refractivity contribution in [2.75, 3.05) is 29.2 Å². The number of phenols is 1. The summed E-state index contributed by atoms with van der Waals surface area (Å²) in [6.07, 6.45) is 11.2. The van der Waals surface area contributed by atoms with Crippen LogP contribution in [-0.2, 0) is 39.6 Å². The van der Waals surface area contributed by atoms with Crippen molar-refractivity contribution in [1.82, 2.24) is 0 Å². The number of anilines is 2. The minimum absolute atomic E-state index is 0.0207. The summed E-state index contributed by atoms with van der Waals surface area (Å²) >= 11 is 0. The molecule has 1 amide bonds. The molecule has 362 valence electrons. The van der Waals surface area contributed by atoms with Crippen LogP contribution in [0.15, 0.2) is 59.5 Å². The summed E-state index contributed by atoms with van der Waals surface area (Å²) in [6, 6.07) is 12.8. The predicted octanol–water partition coefficient (Wildman–Crippen LogP) is 10.2. The van der Waals surface area contributed by atoms with E-state index in [1.807, 2.05) is 20.8 Å². The topological polar surface area (TPSA) is 201 Å². The molecule has 0 fully saturated rings. The maximum Gasteiger partial charge on any atom is 0.338 e. The Morgan fingerprint density at radius 1 is 0.708 bits per heavy atom. The third kappa shape index (κ3) is 18.5. The van der Waals surface area contributed by atoms with Crippen LogP contribution in [0.5, 0.6) is 23.0 Å². The van der Waals surface area contributed by atoms with Crippen molar-refractivity contribution < 1.29 is 55.3 Å². The number of amides is 1. The van der Waals surface area contributed by atoms with Crippen LogP contribution in [0.4, 0.5) is 11.4 Å². The molecule has 3 N–H and O–H groups in total. The molecule has 3 aromatic rings. The van der Waals surface area contributed by atoms with Crippen molar-refractivity contribution in [1.29, 1.82) is 0 Å². The van der Waals surface area contributed by atoms with Crippen molar-refractivity contribution in [2.24, 2.45) is 5.41 Å². The van der Waals surface area contributed by atoms with Crippen molar-refractivity contribution in [3.05, 3.63) is 65.7 Å². The molecule has 0 saturated heterocycles. The fraction of sp³-hybridized carbons (Fsp3) is 0.571. The number of phenolic OH excluding ortho intramolecular Hbond substituents is 1. The van der Waals surface area contributed by atoms with Crippen LogP contribution in [0.3, 0.4) is 0 Å². The van der Waals surface area contributed by atoms with Crippen LogP contribution >= 0.6 is 0 Å². The number of sulfone groups is 1. The Morgan fingerprint density at radius 2 is 1.29 bits per heavy atom. The zero-order chi connectivity index (χ0) is 48.8. The van der Waals surface area contributed by atoms with Crippen LogP contribution in [0, 0.1) is 5.41 Å². The average Bonchev–Trinajstić information content (AvgIpc) is 3.19. The van der Waals surface area contributed by atoms with Crippen molar-refractivity contribution in [3.63, 3.8) is 0 Å². The van der Waals surface area contributed by atoms with E-state index >= 15 is 0 Å². The summed E-state index contributed by atoms with van der Waals surface area (Å²) in [5.41, 5.74) is -1.01. The number of ether oxygens (including phenoxy) is 4. The third-order valence-electron chi connectivity index (χ3n) is 10.3. The van der Waals surface area contributed by atoms with Crippen molar-refractivity contribution >= 4 is 48.9 Å². The highest BCUT2D eigenvalue weighted by molar-refractivity contribution is 7.92. The van der Waals surface area contributed by atoms with Gasteiger partial charge in [-0.1, -0.05) is 106 Å². The first kappa shape index (κ1) is 54.5. The molecule has 3 aromatic carbocycles. The molecule has 16 heteroatoms. The van der Waals surface area contributed by atoms with Gasteiger partial charge in [-0.15, -0.1) is 0 Å². The second-order valence-corrected chi connectivity index (χ2v) is 22.8. The maximum atomic E-state index is 14.2. The van der Waals surface area contributed by atoms with Gasteiger partial charge in [0, 0.05) is 17.2 Å². The summed E-state index contributed by atoms with van der Waals surface area (Å²) in [5, 5.41) is 13.2. The van der Waals surface area contributed by atoms with E-state index in [1.165, 1.54) is 62.8 Å². The standard InChI is InChI=1S/C49H72N2O12S2/c1-12-13-14-15-16-17-18-19-20-21-22-36(62-35-24-26-41(52)38(30-35)48(4,5)6)32-60-47(55)34-23-27-42(61-33(2)3)39(29-34)50-46(54)44(45(53)49(7,8)9)63-43-28-25-37(64(10,56)57)31-40(43)51-65(11,58)59/h23-31,33,36,44,51-52H,12-22,32H2,1-11H3,(H,50,54). The molecule has 0 aliphatic rings. The maximum absolute atomic E-state index is 14.2. The van der Waals surface area contributed by atoms with E-state index in [9.17, 15) is 36.3 Å². The quantitative estimate of drug-likeness (QED) is 0.0391. The van der Waals surface area contributed by atoms with E-state index in [-0.39, 0.29) is 57.2 Å². The Morgan fingerprint density at radius 3 is 1.85 bits per heavy atom. The fourth-order valence-electron chi connectivity index (χ4n) is 6.85. The normalized spacial score (nSPS) is 13.2. The third-order valence-corrected chi connectivity index (χ3v) is 12.0. The molecular formula is C49H72N2O12S2. The number of esters is 1. The number of sulfonamides is 1. The number of aromatic hydroxyl groups is 1. The Hall–Kier alpha value is -4.83. The number of unbranched alkanes of at least 4 members (excludes halogenated alkanes) is 9. The molecule has 0 radical (unpaired) electrons. The van der Waals surface area contributed by atoms with E-state index in [1.54, 1.807) is 52.8 Å². The number of Topliss-reactive ketones (excluding diaryl/α,β-unsaturated/α-hetero) is 1. The highest BCUT2D eigenvalue weighted by Crippen LogP contribution is 2.35. The second-order valence-electron chi connectivity index (χ2n) is 19.0. The lowest BCUT2D eigenvalue weighted by molar-refractivity contribution is -0.140. The van der Waals surface area contributed by atoms with Gasteiger partial charge in [0.1, 0.15) is 35.7 Å². The zero-order valence-electron chi connectivity index (χ0n) is 40.2. The van der Waals surface area contributed by atoms with Gasteiger partial charge in [-0.3, -0.25) is 14.3 Å². The summed E-state index contributed by atoms with van der Waals surface area (Å²) < 4.78 is 75.7. The number of rotatable bonds is 26. The first-order valence-corrected chi connectivity index (χ1v) is 26.3. The fourth-order valence-corrected chi connectivity index (χ4v) is 8.05. The monoisotopic (exact) mass is 944 g/mol. The van der Waals surface area contributed by atoms with E-state index in [0.717, 1.165) is 55.9 Å². The summed E-state index contributed by atoms with van der Waals surface area (Å²) in [4.78, 5) is 41.6. The van der Waals surface area contributed by atoms with Crippen LogP contribution in [0.2, 0.25) is 0 Å². The lowest BCUT2D eigenvalue weighted by Gasteiger charge is -2.26. The molecule has 0 bridgehead atoms. The first-order valence-electron chi connectivity index (χ1n) is 22.5. The van der Waals surface area contributed by atoms with Gasteiger partial charge >= 0.3 is 5.97 Å². The van der Waals surface area contributed by atoms with Crippen molar-refractivity contribution in [3.8, 4) is 23.0 Å². The molecule has 0 saturated carbocycles. The van der Waals surface area contributed by atoms with Crippen LogP contribution in [0.25, 0.3) is 0 Å². The minimum Gasteiger partial charge on any atom is -0.508 e. The second kappa shape index (κ2) is 24.1. The molecule has 0 aromatic heterocycles. The summed E-state index contributed by atoms with van der Waals surface area (Å²) in [5.74, 6) is -1.79. The average molecular weight is 945 g/mol. The van der Waals surface area contributed by atoms with E-state index < -0.39 is 55.1 Å². The lowest BCUT2D eigenvalue weighted by atomic mass is 9.86. The van der Waals surface area contributed by atoms with Gasteiger partial charge in [0.25, 0.3) is 5.91 Å². The lowest BCUT2D eigenvalue weighted by Crippen LogP contribution is -2.45. The van der Waals surface area contributed by atoms with Gasteiger partial charge in [0.2, 0.25) is 16.1 Å². The van der Waals surface area contributed by atoms with E-state index in [4.69, 9.17) is 18.9 Å². The molecule has 2 unspecified atom stereocenters. The molecular weight excluding hydrogens is 873 g/mol. The Bertz CT molecular complexity index is 2300. The van der Waals surface area contributed by atoms with Crippen LogP contribution in [-0.4, -0.2) is 77.0 Å². The number of ketones is 1. The Labute approximate surface area is 387 Å². The zero-order valence-corrected chi connectivity index (χ0v) is 41.8. The van der Waals surface area contributed by atoms with Gasteiger partial charge in [-0.05, 0) is 86.7 Å². The molecule has 0 spiro atoms. The van der Waals surface area contributed by atoms with Crippen LogP contribution < -0.4 is 24.2 Å².